The zero-order valence-electron chi connectivity index (χ0n) is 14.0. The summed E-state index contributed by atoms with van der Waals surface area (Å²) in [5.41, 5.74) is 3.63. The summed E-state index contributed by atoms with van der Waals surface area (Å²) in [6, 6.07) is 7.96. The summed E-state index contributed by atoms with van der Waals surface area (Å²) in [4.78, 5) is 26.6. The van der Waals surface area contributed by atoms with E-state index in [-0.39, 0.29) is 18.0 Å². The van der Waals surface area contributed by atoms with Gasteiger partial charge < -0.3 is 4.74 Å². The third-order valence-corrected chi connectivity index (χ3v) is 3.79. The number of fused-ring (bicyclic) bond motifs is 1. The van der Waals surface area contributed by atoms with Gasteiger partial charge in [-0.15, -0.1) is 0 Å². The third-order valence-electron chi connectivity index (χ3n) is 3.79. The first kappa shape index (κ1) is 16.6. The topological polar surface area (TPSA) is 99.6 Å². The second-order valence-electron chi connectivity index (χ2n) is 5.56. The number of carbonyl (C=O) groups is 1. The highest BCUT2D eigenvalue weighted by Gasteiger charge is 2.16. The predicted octanol–water partition coefficient (Wildman–Crippen LogP) is 3.10. The Balaban J connectivity index is 2.08. The highest BCUT2D eigenvalue weighted by atomic mass is 16.6. The number of esters is 1. The molecule has 0 N–H and O–H groups in total. The minimum Gasteiger partial charge on any atom is -0.461 e. The second-order valence-corrected chi connectivity index (χ2v) is 5.56. The number of rotatable bonds is 4. The summed E-state index contributed by atoms with van der Waals surface area (Å²) in [7, 11) is 0. The van der Waals surface area contributed by atoms with Gasteiger partial charge in [0.2, 0.25) is 0 Å². The molecule has 0 bridgehead atoms. The summed E-state index contributed by atoms with van der Waals surface area (Å²) in [6.07, 6.45) is 0. The number of aryl methyl sites for hydroxylation is 2. The van der Waals surface area contributed by atoms with Crippen LogP contribution in [0.1, 0.15) is 28.7 Å². The number of benzene rings is 1. The fourth-order valence-electron chi connectivity index (χ4n) is 2.62. The smallest absolute Gasteiger partial charge is 0.357 e. The first-order valence-corrected chi connectivity index (χ1v) is 7.70. The van der Waals surface area contributed by atoms with Crippen molar-refractivity contribution in [3.63, 3.8) is 0 Å². The lowest BCUT2D eigenvalue weighted by Crippen LogP contribution is -2.09. The van der Waals surface area contributed by atoms with Gasteiger partial charge in [-0.05, 0) is 38.5 Å². The van der Waals surface area contributed by atoms with Gasteiger partial charge in [-0.2, -0.15) is 5.10 Å². The lowest BCUT2D eigenvalue weighted by Gasteiger charge is -2.04. The van der Waals surface area contributed by atoms with Crippen LogP contribution < -0.4 is 0 Å². The summed E-state index contributed by atoms with van der Waals surface area (Å²) in [5, 5.41) is 15.4. The van der Waals surface area contributed by atoms with Crippen LogP contribution in [0.4, 0.5) is 5.69 Å². The van der Waals surface area contributed by atoms with Crippen LogP contribution in [0.25, 0.3) is 16.9 Å². The fourth-order valence-corrected chi connectivity index (χ4v) is 2.62. The summed E-state index contributed by atoms with van der Waals surface area (Å²) in [5.74, 6) is -0.484. The summed E-state index contributed by atoms with van der Waals surface area (Å²) < 4.78 is 6.61. The van der Waals surface area contributed by atoms with Crippen LogP contribution in [0.5, 0.6) is 0 Å². The van der Waals surface area contributed by atoms with Crippen molar-refractivity contribution in [1.29, 1.82) is 0 Å². The second kappa shape index (κ2) is 6.31. The normalized spacial score (nSPS) is 10.8. The number of hydrogen-bond acceptors (Lipinski definition) is 6. The van der Waals surface area contributed by atoms with Crippen molar-refractivity contribution in [1.82, 2.24) is 14.6 Å². The van der Waals surface area contributed by atoms with E-state index in [1.165, 1.54) is 12.1 Å². The first-order chi connectivity index (χ1) is 11.9. The molecule has 25 heavy (non-hydrogen) atoms. The van der Waals surface area contributed by atoms with Gasteiger partial charge in [0.25, 0.3) is 5.69 Å². The minimum absolute atomic E-state index is 0.0314. The Morgan fingerprint density at radius 3 is 2.68 bits per heavy atom. The van der Waals surface area contributed by atoms with Crippen LogP contribution in [0, 0.1) is 24.0 Å². The Morgan fingerprint density at radius 1 is 1.28 bits per heavy atom. The number of ether oxygens (including phenoxy) is 1. The van der Waals surface area contributed by atoms with Crippen LogP contribution in [0.3, 0.4) is 0 Å². The molecule has 2 aromatic heterocycles. The molecule has 0 fully saturated rings. The molecule has 0 spiro atoms. The molecular weight excluding hydrogens is 324 g/mol. The van der Waals surface area contributed by atoms with Crippen molar-refractivity contribution >= 4 is 17.3 Å². The molecule has 3 rings (SSSR count). The standard InChI is InChI=1S/C17H16N4O4/c1-4-25-17(22)15-8-11(3)20-16(18-15)9-14(19-20)13-6-5-12(21(23)24)7-10(13)2/h5-9H,4H2,1-3H3. The van der Waals surface area contributed by atoms with Crippen LogP contribution in [0.2, 0.25) is 0 Å². The molecule has 0 aliphatic carbocycles. The van der Waals surface area contributed by atoms with Gasteiger partial charge in [-0.3, -0.25) is 10.1 Å². The minimum atomic E-state index is -0.484. The molecule has 0 saturated carbocycles. The number of hydrogen-bond donors (Lipinski definition) is 0. The Hall–Kier alpha value is -3.29. The molecule has 8 nitrogen and oxygen atoms in total. The molecule has 0 unspecified atom stereocenters. The molecule has 0 aliphatic heterocycles. The van der Waals surface area contributed by atoms with Crippen LogP contribution in [-0.2, 0) is 4.74 Å². The van der Waals surface area contributed by atoms with Crippen molar-refractivity contribution < 1.29 is 14.5 Å². The van der Waals surface area contributed by atoms with E-state index < -0.39 is 10.9 Å². The van der Waals surface area contributed by atoms with Crippen LogP contribution in [0.15, 0.2) is 30.3 Å². The molecule has 0 saturated heterocycles. The Kier molecular flexibility index (Phi) is 4.18. The Bertz CT molecular complexity index is 994. The van der Waals surface area contributed by atoms with Crippen molar-refractivity contribution in [3.05, 3.63) is 57.4 Å². The molecule has 2 heterocycles. The van der Waals surface area contributed by atoms with E-state index in [9.17, 15) is 14.9 Å². The van der Waals surface area contributed by atoms with Crippen molar-refractivity contribution in [2.75, 3.05) is 6.61 Å². The fraction of sp³-hybridized carbons (Fsp3) is 0.235. The van der Waals surface area contributed by atoms with Gasteiger partial charge >= 0.3 is 5.97 Å². The zero-order chi connectivity index (χ0) is 18.1. The van der Waals surface area contributed by atoms with E-state index in [1.807, 2.05) is 6.92 Å². The molecule has 0 atom stereocenters. The molecule has 8 heteroatoms. The predicted molar refractivity (Wildman–Crippen MR) is 90.5 cm³/mol. The van der Waals surface area contributed by atoms with Gasteiger partial charge in [-0.25, -0.2) is 14.3 Å². The third kappa shape index (κ3) is 3.06. The SMILES string of the molecule is CCOC(=O)c1cc(C)n2nc(-c3ccc([N+](=O)[O-])cc3C)cc2n1. The molecule has 1 aromatic carbocycles. The molecule has 0 radical (unpaired) electrons. The van der Waals surface area contributed by atoms with Gasteiger partial charge in [0.15, 0.2) is 11.3 Å². The van der Waals surface area contributed by atoms with E-state index in [0.717, 1.165) is 16.8 Å². The largest absolute Gasteiger partial charge is 0.461 e. The lowest BCUT2D eigenvalue weighted by atomic mass is 10.1. The summed E-state index contributed by atoms with van der Waals surface area (Å²) in [6.45, 7) is 5.61. The number of carbonyl (C=O) groups excluding carboxylic acids is 1. The van der Waals surface area contributed by atoms with Gasteiger partial charge in [-0.1, -0.05) is 0 Å². The monoisotopic (exact) mass is 340 g/mol. The average molecular weight is 340 g/mol. The van der Waals surface area contributed by atoms with E-state index in [0.29, 0.717) is 11.3 Å². The van der Waals surface area contributed by atoms with Crippen molar-refractivity contribution in [2.24, 2.45) is 0 Å². The maximum atomic E-state index is 11.9. The Morgan fingerprint density at radius 2 is 2.04 bits per heavy atom. The van der Waals surface area contributed by atoms with Gasteiger partial charge in [0.05, 0.1) is 17.2 Å². The quantitative estimate of drug-likeness (QED) is 0.411. The number of nitro benzene ring substituents is 1. The maximum absolute atomic E-state index is 11.9. The van der Waals surface area contributed by atoms with E-state index in [4.69, 9.17) is 4.74 Å². The number of nitro groups is 1. The van der Waals surface area contributed by atoms with Gasteiger partial charge in [0.1, 0.15) is 0 Å². The highest BCUT2D eigenvalue weighted by Crippen LogP contribution is 2.27. The van der Waals surface area contributed by atoms with Crippen molar-refractivity contribution in [2.45, 2.75) is 20.8 Å². The Labute approximate surface area is 143 Å². The summed E-state index contributed by atoms with van der Waals surface area (Å²) >= 11 is 0. The first-order valence-electron chi connectivity index (χ1n) is 7.70. The number of non-ortho nitro benzene ring substituents is 1. The van der Waals surface area contributed by atoms with E-state index in [1.54, 1.807) is 36.6 Å². The molecule has 3 aromatic rings. The van der Waals surface area contributed by atoms with E-state index in [2.05, 4.69) is 10.1 Å². The average Bonchev–Trinajstić information content (AvgIpc) is 2.99. The zero-order valence-corrected chi connectivity index (χ0v) is 14.0. The van der Waals surface area contributed by atoms with E-state index >= 15 is 0 Å². The molecule has 128 valence electrons. The number of nitrogens with zero attached hydrogens (tertiary/aromatic N) is 4. The maximum Gasteiger partial charge on any atom is 0.357 e. The van der Waals surface area contributed by atoms with Crippen molar-refractivity contribution in [3.8, 4) is 11.3 Å². The van der Waals surface area contributed by atoms with Crippen LogP contribution in [-0.4, -0.2) is 32.1 Å². The molecular formula is C17H16N4O4. The van der Waals surface area contributed by atoms with Crippen LogP contribution >= 0.6 is 0 Å². The highest BCUT2D eigenvalue weighted by molar-refractivity contribution is 5.88. The number of aromatic nitrogens is 3. The molecule has 0 amide bonds. The van der Waals surface area contributed by atoms with Gasteiger partial charge in [0, 0.05) is 29.5 Å². The lowest BCUT2D eigenvalue weighted by molar-refractivity contribution is -0.384. The molecule has 0 aliphatic rings.